The predicted octanol–water partition coefficient (Wildman–Crippen LogP) is -0.373. The zero-order chi connectivity index (χ0) is 7.72. The number of amidine groups is 1. The molecular weight excluding hydrogens is 130 g/mol. The van der Waals surface area contributed by atoms with Gasteiger partial charge >= 0.3 is 0 Å². The average Bonchev–Trinajstić information content (AvgIpc) is 2.17. The number of carbonyl (C=O) groups is 1. The number of hydrogen-bond donors (Lipinski definition) is 1. The maximum atomic E-state index is 11.1. The van der Waals surface area contributed by atoms with Crippen LogP contribution in [0.25, 0.3) is 0 Å². The van der Waals surface area contributed by atoms with E-state index >= 15 is 0 Å². The fourth-order valence-corrected chi connectivity index (χ4v) is 0.975. The first-order chi connectivity index (χ1) is 4.66. The summed E-state index contributed by atoms with van der Waals surface area (Å²) < 4.78 is 0. The number of nitrogens with zero attached hydrogens (tertiary/aromatic N) is 2. The number of aliphatic imine (C=N–C) groups is 1. The Hall–Kier alpha value is -1.06. The minimum absolute atomic E-state index is 0.0700. The van der Waals surface area contributed by atoms with E-state index in [-0.39, 0.29) is 11.8 Å². The molecule has 1 heterocycles. The summed E-state index contributed by atoms with van der Waals surface area (Å²) >= 11 is 0. The quantitative estimate of drug-likeness (QED) is 0.500. The van der Waals surface area contributed by atoms with Crippen molar-refractivity contribution >= 4 is 11.7 Å². The number of amides is 1. The smallest absolute Gasteiger partial charge is 0.251 e. The normalized spacial score (nSPS) is 29.5. The van der Waals surface area contributed by atoms with Crippen LogP contribution in [0.5, 0.6) is 0 Å². The van der Waals surface area contributed by atoms with Crippen molar-refractivity contribution in [2.45, 2.75) is 6.92 Å². The topological polar surface area (TPSA) is 44.7 Å². The summed E-state index contributed by atoms with van der Waals surface area (Å²) in [7, 11) is 3.36. The van der Waals surface area contributed by atoms with Crippen LogP contribution in [-0.4, -0.2) is 30.8 Å². The van der Waals surface area contributed by atoms with Crippen LogP contribution in [0.2, 0.25) is 0 Å². The molecule has 1 saturated heterocycles. The van der Waals surface area contributed by atoms with Crippen LogP contribution in [-0.2, 0) is 4.79 Å². The van der Waals surface area contributed by atoms with Crippen LogP contribution >= 0.6 is 0 Å². The minimum Gasteiger partial charge on any atom is -0.283 e. The van der Waals surface area contributed by atoms with Gasteiger partial charge in [-0.15, -0.1) is 0 Å². The Kier molecular flexibility index (Phi) is 1.61. The van der Waals surface area contributed by atoms with E-state index in [9.17, 15) is 4.79 Å². The van der Waals surface area contributed by atoms with E-state index in [0.29, 0.717) is 0 Å². The predicted molar refractivity (Wildman–Crippen MR) is 38.4 cm³/mol. The number of nitrogens with one attached hydrogen (secondary N) is 1. The molecule has 0 bridgehead atoms. The van der Waals surface area contributed by atoms with E-state index in [2.05, 4.69) is 10.4 Å². The first kappa shape index (κ1) is 7.05. The first-order valence-electron chi connectivity index (χ1n) is 3.17. The van der Waals surface area contributed by atoms with E-state index in [1.54, 1.807) is 14.1 Å². The van der Waals surface area contributed by atoms with Crippen molar-refractivity contribution in [3.8, 4) is 0 Å². The lowest BCUT2D eigenvalue weighted by atomic mass is 10.2. The lowest BCUT2D eigenvalue weighted by Gasteiger charge is -2.05. The van der Waals surface area contributed by atoms with Crippen molar-refractivity contribution in [2.24, 2.45) is 10.9 Å². The van der Waals surface area contributed by atoms with Crippen LogP contribution in [0, 0.1) is 5.92 Å². The summed E-state index contributed by atoms with van der Waals surface area (Å²) in [6, 6.07) is 0. The molecule has 1 fully saturated rings. The Bertz CT molecular complexity index is 187. The largest absolute Gasteiger partial charge is 0.283 e. The summed E-state index contributed by atoms with van der Waals surface area (Å²) in [5, 5.41) is 1.45. The number of hydrazine groups is 1. The molecule has 0 aromatic heterocycles. The number of hydrogen-bond acceptors (Lipinski definition) is 2. The maximum absolute atomic E-state index is 11.1. The molecule has 0 aromatic rings. The molecule has 1 aliphatic rings. The molecule has 1 unspecified atom stereocenters. The zero-order valence-electron chi connectivity index (χ0n) is 6.38. The van der Waals surface area contributed by atoms with Gasteiger partial charge in [0.25, 0.3) is 5.91 Å². The van der Waals surface area contributed by atoms with Crippen LogP contribution in [0.1, 0.15) is 6.92 Å². The van der Waals surface area contributed by atoms with Gasteiger partial charge < -0.3 is 0 Å². The van der Waals surface area contributed by atoms with Crippen molar-refractivity contribution < 1.29 is 4.79 Å². The third-order valence-corrected chi connectivity index (χ3v) is 1.63. The molecular formula is C6H11N3O. The Morgan fingerprint density at radius 3 is 2.50 bits per heavy atom. The lowest BCUT2D eigenvalue weighted by Crippen LogP contribution is -2.31. The Morgan fingerprint density at radius 2 is 2.30 bits per heavy atom. The molecule has 0 aliphatic carbocycles. The molecule has 1 aliphatic heterocycles. The van der Waals surface area contributed by atoms with Gasteiger partial charge in [0, 0.05) is 14.1 Å². The van der Waals surface area contributed by atoms with Crippen molar-refractivity contribution in [3.63, 3.8) is 0 Å². The maximum Gasteiger partial charge on any atom is 0.251 e. The van der Waals surface area contributed by atoms with Gasteiger partial charge in [0.15, 0.2) is 0 Å². The second kappa shape index (κ2) is 2.28. The molecule has 1 N–H and O–H groups in total. The van der Waals surface area contributed by atoms with Gasteiger partial charge in [-0.1, -0.05) is 0 Å². The first-order valence-corrected chi connectivity index (χ1v) is 3.17. The Balaban J connectivity index is 2.81. The van der Waals surface area contributed by atoms with E-state index in [1.807, 2.05) is 6.92 Å². The van der Waals surface area contributed by atoms with E-state index in [0.717, 1.165) is 5.84 Å². The van der Waals surface area contributed by atoms with Gasteiger partial charge in [0.2, 0.25) is 0 Å². The Labute approximate surface area is 59.9 Å². The fourth-order valence-electron chi connectivity index (χ4n) is 0.975. The van der Waals surface area contributed by atoms with Gasteiger partial charge in [-0.25, -0.2) is 0 Å². The van der Waals surface area contributed by atoms with Gasteiger partial charge in [0.1, 0.15) is 5.84 Å². The summed E-state index contributed by atoms with van der Waals surface area (Å²) in [6.07, 6.45) is 0. The number of rotatable bonds is 0. The SMILES string of the molecule is CN=C1NN(C)C(=O)C1C. The molecule has 0 aromatic carbocycles. The van der Waals surface area contributed by atoms with Gasteiger partial charge in [-0.2, -0.15) is 0 Å². The average molecular weight is 141 g/mol. The minimum atomic E-state index is -0.102. The van der Waals surface area contributed by atoms with Gasteiger partial charge in [-0.3, -0.25) is 20.2 Å². The van der Waals surface area contributed by atoms with Crippen molar-refractivity contribution in [1.82, 2.24) is 10.4 Å². The summed E-state index contributed by atoms with van der Waals surface area (Å²) in [5.74, 6) is 0.711. The fraction of sp³-hybridized carbons (Fsp3) is 0.667. The summed E-state index contributed by atoms with van der Waals surface area (Å²) in [4.78, 5) is 15.0. The molecule has 0 radical (unpaired) electrons. The second-order valence-electron chi connectivity index (χ2n) is 2.34. The second-order valence-corrected chi connectivity index (χ2v) is 2.34. The van der Waals surface area contributed by atoms with Crippen LogP contribution in [0.4, 0.5) is 0 Å². The molecule has 4 heteroatoms. The highest BCUT2D eigenvalue weighted by Gasteiger charge is 2.30. The zero-order valence-corrected chi connectivity index (χ0v) is 6.38. The van der Waals surface area contributed by atoms with Crippen LogP contribution in [0.3, 0.4) is 0 Å². The molecule has 0 saturated carbocycles. The van der Waals surface area contributed by atoms with Crippen LogP contribution in [0.15, 0.2) is 4.99 Å². The number of carbonyl (C=O) groups excluding carboxylic acids is 1. The van der Waals surface area contributed by atoms with Gasteiger partial charge in [-0.05, 0) is 6.92 Å². The Morgan fingerprint density at radius 1 is 1.70 bits per heavy atom. The van der Waals surface area contributed by atoms with Gasteiger partial charge in [0.05, 0.1) is 5.92 Å². The van der Waals surface area contributed by atoms with Crippen molar-refractivity contribution in [3.05, 3.63) is 0 Å². The molecule has 56 valence electrons. The third-order valence-electron chi connectivity index (χ3n) is 1.63. The third kappa shape index (κ3) is 0.853. The standard InChI is InChI=1S/C6H11N3O/c1-4-5(7-2)8-9(3)6(4)10/h4H,1-3H3,(H,7,8). The highest BCUT2D eigenvalue weighted by molar-refractivity contribution is 6.07. The lowest BCUT2D eigenvalue weighted by molar-refractivity contribution is -0.130. The molecule has 4 nitrogen and oxygen atoms in total. The van der Waals surface area contributed by atoms with E-state index in [4.69, 9.17) is 0 Å². The van der Waals surface area contributed by atoms with Crippen molar-refractivity contribution in [1.29, 1.82) is 0 Å². The highest BCUT2D eigenvalue weighted by atomic mass is 16.2. The van der Waals surface area contributed by atoms with E-state index in [1.165, 1.54) is 5.01 Å². The van der Waals surface area contributed by atoms with Crippen molar-refractivity contribution in [2.75, 3.05) is 14.1 Å². The molecule has 0 spiro atoms. The molecule has 1 atom stereocenters. The monoisotopic (exact) mass is 141 g/mol. The molecule has 10 heavy (non-hydrogen) atoms. The summed E-state index contributed by atoms with van der Waals surface area (Å²) in [5.41, 5.74) is 2.84. The van der Waals surface area contributed by atoms with E-state index < -0.39 is 0 Å². The molecule has 1 rings (SSSR count). The molecule has 1 amide bonds. The van der Waals surface area contributed by atoms with Crippen LogP contribution < -0.4 is 5.43 Å². The highest BCUT2D eigenvalue weighted by Crippen LogP contribution is 2.07. The summed E-state index contributed by atoms with van der Waals surface area (Å²) in [6.45, 7) is 1.83.